The smallest absolute Gasteiger partial charge is 0.310 e. The maximum atomic E-state index is 13.3. The number of carbonyl (C=O) groups excluding carboxylic acids is 2. The third kappa shape index (κ3) is 2.59. The first-order valence-corrected chi connectivity index (χ1v) is 4.08. The first kappa shape index (κ1) is 11.3. The lowest BCUT2D eigenvalue weighted by Crippen LogP contribution is -2.08. The van der Waals surface area contributed by atoms with Crippen LogP contribution in [0.2, 0.25) is 0 Å². The highest BCUT2D eigenvalue weighted by atomic mass is 19.1. The van der Waals surface area contributed by atoms with E-state index in [1.54, 1.807) is 0 Å². The van der Waals surface area contributed by atoms with Crippen LogP contribution in [0.1, 0.15) is 15.9 Å². The molecule has 0 N–H and O–H groups in total. The van der Waals surface area contributed by atoms with Crippen molar-refractivity contribution >= 4 is 12.3 Å². The summed E-state index contributed by atoms with van der Waals surface area (Å²) in [6.45, 7) is 0. The van der Waals surface area contributed by atoms with Gasteiger partial charge in [0.15, 0.2) is 6.29 Å². The lowest BCUT2D eigenvalue weighted by molar-refractivity contribution is -0.139. The number of benzene rings is 1. The van der Waals surface area contributed by atoms with Gasteiger partial charge >= 0.3 is 5.97 Å². The van der Waals surface area contributed by atoms with Crippen LogP contribution in [0.15, 0.2) is 12.1 Å². The average Bonchev–Trinajstić information content (AvgIpc) is 2.22. The SMILES string of the molecule is COC(=O)Cc1cc(F)cc(C=O)c1F. The molecular weight excluding hydrogens is 206 g/mol. The second-order valence-electron chi connectivity index (χ2n) is 2.84. The topological polar surface area (TPSA) is 43.4 Å². The molecule has 3 nitrogen and oxygen atoms in total. The zero-order chi connectivity index (χ0) is 11.4. The lowest BCUT2D eigenvalue weighted by atomic mass is 10.1. The highest BCUT2D eigenvalue weighted by Gasteiger charge is 2.13. The molecule has 80 valence electrons. The molecule has 1 rings (SSSR count). The molecule has 0 saturated heterocycles. The second-order valence-corrected chi connectivity index (χ2v) is 2.84. The molecule has 0 aliphatic rings. The maximum Gasteiger partial charge on any atom is 0.310 e. The maximum absolute atomic E-state index is 13.3. The van der Waals surface area contributed by atoms with Crippen LogP contribution in [0.3, 0.4) is 0 Å². The average molecular weight is 214 g/mol. The molecule has 0 atom stereocenters. The van der Waals surface area contributed by atoms with E-state index >= 15 is 0 Å². The number of hydrogen-bond donors (Lipinski definition) is 0. The van der Waals surface area contributed by atoms with E-state index in [1.165, 1.54) is 0 Å². The molecule has 0 aliphatic heterocycles. The Hall–Kier alpha value is -1.78. The number of methoxy groups -OCH3 is 1. The third-order valence-electron chi connectivity index (χ3n) is 1.83. The van der Waals surface area contributed by atoms with E-state index < -0.39 is 29.6 Å². The molecule has 5 heteroatoms. The molecule has 0 aromatic heterocycles. The predicted molar refractivity (Wildman–Crippen MR) is 47.5 cm³/mol. The number of ether oxygens (including phenoxy) is 1. The molecule has 1 aromatic carbocycles. The fourth-order valence-corrected chi connectivity index (χ4v) is 1.11. The van der Waals surface area contributed by atoms with Crippen molar-refractivity contribution in [2.75, 3.05) is 7.11 Å². The summed E-state index contributed by atoms with van der Waals surface area (Å²) in [5.74, 6) is -2.36. The summed E-state index contributed by atoms with van der Waals surface area (Å²) in [6.07, 6.45) is -0.208. The van der Waals surface area contributed by atoms with E-state index in [0.717, 1.165) is 19.2 Å². The monoisotopic (exact) mass is 214 g/mol. The predicted octanol–water partition coefficient (Wildman–Crippen LogP) is 1.49. The number of carbonyl (C=O) groups is 2. The normalized spacial score (nSPS) is 9.80. The van der Waals surface area contributed by atoms with Crippen molar-refractivity contribution in [1.29, 1.82) is 0 Å². The highest BCUT2D eigenvalue weighted by molar-refractivity contribution is 5.77. The van der Waals surface area contributed by atoms with Gasteiger partial charge in [0, 0.05) is 5.56 Å². The Kier molecular flexibility index (Phi) is 3.49. The van der Waals surface area contributed by atoms with Crippen molar-refractivity contribution in [2.24, 2.45) is 0 Å². The summed E-state index contributed by atoms with van der Waals surface area (Å²) < 4.78 is 30.5. The van der Waals surface area contributed by atoms with E-state index in [0.29, 0.717) is 0 Å². The van der Waals surface area contributed by atoms with Crippen molar-refractivity contribution < 1.29 is 23.1 Å². The van der Waals surface area contributed by atoms with Gasteiger partial charge in [0.1, 0.15) is 11.6 Å². The van der Waals surface area contributed by atoms with Gasteiger partial charge in [-0.15, -0.1) is 0 Å². The zero-order valence-corrected chi connectivity index (χ0v) is 7.92. The van der Waals surface area contributed by atoms with E-state index in [9.17, 15) is 18.4 Å². The van der Waals surface area contributed by atoms with Crippen LogP contribution in [0.4, 0.5) is 8.78 Å². The molecule has 0 bridgehead atoms. The Morgan fingerprint density at radius 3 is 2.67 bits per heavy atom. The van der Waals surface area contributed by atoms with E-state index in [2.05, 4.69) is 4.74 Å². The summed E-state index contributed by atoms with van der Waals surface area (Å²) in [6, 6.07) is 1.63. The van der Waals surface area contributed by atoms with Gasteiger partial charge in [-0.05, 0) is 12.1 Å². The summed E-state index contributed by atoms with van der Waals surface area (Å²) in [5.41, 5.74) is -0.599. The van der Waals surface area contributed by atoms with E-state index in [1.807, 2.05) is 0 Å². The number of aldehydes is 1. The Bertz CT molecular complexity index is 402. The molecule has 1 aromatic rings. The summed E-state index contributed by atoms with van der Waals surface area (Å²) >= 11 is 0. The first-order chi connectivity index (χ1) is 7.08. The van der Waals surface area contributed by atoms with Crippen LogP contribution in [0.25, 0.3) is 0 Å². The minimum atomic E-state index is -0.892. The van der Waals surface area contributed by atoms with Gasteiger partial charge in [-0.1, -0.05) is 0 Å². The Morgan fingerprint density at radius 2 is 2.13 bits per heavy atom. The second kappa shape index (κ2) is 4.63. The van der Waals surface area contributed by atoms with Crippen LogP contribution in [0, 0.1) is 11.6 Å². The molecular formula is C10H8F2O3. The molecule has 0 fully saturated rings. The fraction of sp³-hybridized carbons (Fsp3) is 0.200. The quantitative estimate of drug-likeness (QED) is 0.565. The Labute approximate surface area is 84.7 Å². The van der Waals surface area contributed by atoms with Crippen LogP contribution < -0.4 is 0 Å². The number of halogens is 2. The number of esters is 1. The van der Waals surface area contributed by atoms with Crippen LogP contribution in [0.5, 0.6) is 0 Å². The Balaban J connectivity index is 3.11. The van der Waals surface area contributed by atoms with Gasteiger partial charge in [-0.3, -0.25) is 9.59 Å². The number of hydrogen-bond acceptors (Lipinski definition) is 3. The van der Waals surface area contributed by atoms with E-state index in [4.69, 9.17) is 0 Å². The van der Waals surface area contributed by atoms with Crippen LogP contribution in [-0.2, 0) is 16.0 Å². The number of rotatable bonds is 3. The van der Waals surface area contributed by atoms with Crippen LogP contribution in [-0.4, -0.2) is 19.4 Å². The van der Waals surface area contributed by atoms with Crippen molar-refractivity contribution in [1.82, 2.24) is 0 Å². The van der Waals surface area contributed by atoms with Gasteiger partial charge in [-0.25, -0.2) is 8.78 Å². The fourth-order valence-electron chi connectivity index (χ4n) is 1.11. The molecule has 0 aliphatic carbocycles. The van der Waals surface area contributed by atoms with Gasteiger partial charge in [-0.2, -0.15) is 0 Å². The molecule has 0 unspecified atom stereocenters. The highest BCUT2D eigenvalue weighted by Crippen LogP contribution is 2.15. The third-order valence-corrected chi connectivity index (χ3v) is 1.83. The van der Waals surface area contributed by atoms with Crippen molar-refractivity contribution in [3.05, 3.63) is 34.9 Å². The molecule has 0 saturated carbocycles. The van der Waals surface area contributed by atoms with Crippen molar-refractivity contribution in [3.8, 4) is 0 Å². The van der Waals surface area contributed by atoms with Crippen molar-refractivity contribution in [2.45, 2.75) is 6.42 Å². The molecule has 0 amide bonds. The molecule has 0 heterocycles. The largest absolute Gasteiger partial charge is 0.469 e. The minimum Gasteiger partial charge on any atom is -0.469 e. The molecule has 15 heavy (non-hydrogen) atoms. The van der Waals surface area contributed by atoms with Gasteiger partial charge < -0.3 is 4.74 Å². The van der Waals surface area contributed by atoms with Crippen molar-refractivity contribution in [3.63, 3.8) is 0 Å². The minimum absolute atomic E-state index is 0.191. The Morgan fingerprint density at radius 1 is 1.47 bits per heavy atom. The molecule has 0 spiro atoms. The van der Waals surface area contributed by atoms with Gasteiger partial charge in [0.25, 0.3) is 0 Å². The van der Waals surface area contributed by atoms with Gasteiger partial charge in [0.2, 0.25) is 0 Å². The van der Waals surface area contributed by atoms with E-state index in [-0.39, 0.29) is 11.8 Å². The summed E-state index contributed by atoms with van der Waals surface area (Å²) in [7, 11) is 1.14. The van der Waals surface area contributed by atoms with Gasteiger partial charge in [0.05, 0.1) is 19.1 Å². The van der Waals surface area contributed by atoms with Crippen LogP contribution >= 0.6 is 0 Å². The standard InChI is InChI=1S/C10H8F2O3/c1-15-9(14)4-6-2-8(11)3-7(5-13)10(6)12/h2-3,5H,4H2,1H3. The summed E-state index contributed by atoms with van der Waals surface area (Å²) in [5, 5.41) is 0. The lowest BCUT2D eigenvalue weighted by Gasteiger charge is -2.04. The zero-order valence-electron chi connectivity index (χ0n) is 7.92. The summed E-state index contributed by atoms with van der Waals surface area (Å²) in [4.78, 5) is 21.2. The molecule has 0 radical (unpaired) electrons. The first-order valence-electron chi connectivity index (χ1n) is 4.08.